The molecule has 0 radical (unpaired) electrons. The summed E-state index contributed by atoms with van der Waals surface area (Å²) >= 11 is 0. The molecule has 2 rings (SSSR count). The first-order chi connectivity index (χ1) is 10.1. The quantitative estimate of drug-likeness (QED) is 0.805. The van der Waals surface area contributed by atoms with E-state index in [0.717, 1.165) is 0 Å². The summed E-state index contributed by atoms with van der Waals surface area (Å²) in [7, 11) is 1.54. The molecule has 106 valence electrons. The third kappa shape index (κ3) is 3.09. The standard InChI is InChI=1S/C17H14FNO2/c1-11-9-13(5-8-16(11)18)17(20)15(10-19)12-3-6-14(21-2)7-4-12/h3-9,15H,1-2H3. The molecule has 0 fully saturated rings. The maximum atomic E-state index is 13.3. The number of nitrogens with zero attached hydrogens (tertiary/aromatic N) is 1. The zero-order chi connectivity index (χ0) is 15.4. The summed E-state index contributed by atoms with van der Waals surface area (Å²) in [4.78, 5) is 12.4. The van der Waals surface area contributed by atoms with Crippen LogP contribution in [0.4, 0.5) is 4.39 Å². The molecule has 0 saturated heterocycles. The summed E-state index contributed by atoms with van der Waals surface area (Å²) in [6.07, 6.45) is 0. The van der Waals surface area contributed by atoms with E-state index in [4.69, 9.17) is 4.74 Å². The Kier molecular flexibility index (Phi) is 4.34. The number of aryl methyl sites for hydroxylation is 1. The number of hydrogen-bond donors (Lipinski definition) is 0. The first kappa shape index (κ1) is 14.7. The van der Waals surface area contributed by atoms with Gasteiger partial charge in [-0.2, -0.15) is 5.26 Å². The molecule has 0 aromatic heterocycles. The van der Waals surface area contributed by atoms with E-state index in [0.29, 0.717) is 22.4 Å². The lowest BCUT2D eigenvalue weighted by atomic mass is 9.91. The number of rotatable bonds is 4. The summed E-state index contributed by atoms with van der Waals surface area (Å²) < 4.78 is 18.3. The molecule has 0 aliphatic heterocycles. The monoisotopic (exact) mass is 283 g/mol. The molecule has 0 heterocycles. The van der Waals surface area contributed by atoms with E-state index in [2.05, 4.69) is 0 Å². The second kappa shape index (κ2) is 6.19. The minimum absolute atomic E-state index is 0.330. The highest BCUT2D eigenvalue weighted by Gasteiger charge is 2.22. The number of Topliss-reactive ketones (excluding diaryl/α,β-unsaturated/α-hetero) is 1. The Hall–Kier alpha value is -2.67. The molecule has 3 nitrogen and oxygen atoms in total. The van der Waals surface area contributed by atoms with Crippen molar-refractivity contribution in [1.29, 1.82) is 5.26 Å². The van der Waals surface area contributed by atoms with Crippen LogP contribution < -0.4 is 4.74 Å². The van der Waals surface area contributed by atoms with Crippen LogP contribution in [0.3, 0.4) is 0 Å². The largest absolute Gasteiger partial charge is 0.497 e. The molecule has 4 heteroatoms. The van der Waals surface area contributed by atoms with E-state index in [1.807, 2.05) is 6.07 Å². The normalized spacial score (nSPS) is 11.5. The zero-order valence-corrected chi connectivity index (χ0v) is 11.8. The molecule has 0 aliphatic rings. The summed E-state index contributed by atoms with van der Waals surface area (Å²) in [6.45, 7) is 1.58. The van der Waals surface area contributed by atoms with Crippen LogP contribution in [-0.4, -0.2) is 12.9 Å². The number of nitriles is 1. The van der Waals surface area contributed by atoms with Crippen LogP contribution in [-0.2, 0) is 0 Å². The number of carbonyl (C=O) groups excluding carboxylic acids is 1. The van der Waals surface area contributed by atoms with Crippen LogP contribution in [0.2, 0.25) is 0 Å². The fourth-order valence-corrected chi connectivity index (χ4v) is 2.05. The lowest BCUT2D eigenvalue weighted by Crippen LogP contribution is -2.11. The van der Waals surface area contributed by atoms with Gasteiger partial charge in [0.15, 0.2) is 5.78 Å². The molecular formula is C17H14FNO2. The van der Waals surface area contributed by atoms with Crippen molar-refractivity contribution in [2.45, 2.75) is 12.8 Å². The van der Waals surface area contributed by atoms with E-state index in [1.165, 1.54) is 18.2 Å². The van der Waals surface area contributed by atoms with Crippen LogP contribution in [0.25, 0.3) is 0 Å². The average molecular weight is 283 g/mol. The molecule has 2 aromatic carbocycles. The van der Waals surface area contributed by atoms with Crippen molar-refractivity contribution in [3.8, 4) is 11.8 Å². The Morgan fingerprint density at radius 2 is 1.90 bits per heavy atom. The van der Waals surface area contributed by atoms with Crippen molar-refractivity contribution in [2.75, 3.05) is 7.11 Å². The number of halogens is 1. The number of benzene rings is 2. The predicted molar refractivity (Wildman–Crippen MR) is 76.8 cm³/mol. The molecule has 2 aromatic rings. The summed E-state index contributed by atoms with van der Waals surface area (Å²) in [5, 5.41) is 9.29. The Balaban J connectivity index is 2.33. The Bertz CT molecular complexity index is 702. The number of carbonyl (C=O) groups is 1. The Morgan fingerprint density at radius 1 is 1.24 bits per heavy atom. The third-order valence-electron chi connectivity index (χ3n) is 3.28. The fourth-order valence-electron chi connectivity index (χ4n) is 2.05. The number of ether oxygens (including phenoxy) is 1. The molecule has 21 heavy (non-hydrogen) atoms. The molecule has 0 saturated carbocycles. The lowest BCUT2D eigenvalue weighted by molar-refractivity contribution is 0.0978. The van der Waals surface area contributed by atoms with E-state index < -0.39 is 5.92 Å². The van der Waals surface area contributed by atoms with E-state index in [1.54, 1.807) is 38.3 Å². The maximum Gasteiger partial charge on any atom is 0.184 e. The van der Waals surface area contributed by atoms with Crippen molar-refractivity contribution in [3.05, 3.63) is 65.0 Å². The molecule has 1 unspecified atom stereocenters. The highest BCUT2D eigenvalue weighted by atomic mass is 19.1. The van der Waals surface area contributed by atoms with Gasteiger partial charge in [0.1, 0.15) is 17.5 Å². The smallest absolute Gasteiger partial charge is 0.184 e. The predicted octanol–water partition coefficient (Wildman–Crippen LogP) is 3.63. The number of ketones is 1. The van der Waals surface area contributed by atoms with Crippen molar-refractivity contribution in [2.24, 2.45) is 0 Å². The first-order valence-electron chi connectivity index (χ1n) is 6.40. The summed E-state index contributed by atoms with van der Waals surface area (Å²) in [6, 6.07) is 12.9. The van der Waals surface area contributed by atoms with Gasteiger partial charge in [0, 0.05) is 5.56 Å². The number of methoxy groups -OCH3 is 1. The van der Waals surface area contributed by atoms with E-state index >= 15 is 0 Å². The molecule has 1 atom stereocenters. The van der Waals surface area contributed by atoms with Crippen molar-refractivity contribution in [3.63, 3.8) is 0 Å². The van der Waals surface area contributed by atoms with Crippen molar-refractivity contribution in [1.82, 2.24) is 0 Å². The Morgan fingerprint density at radius 3 is 2.43 bits per heavy atom. The maximum absolute atomic E-state index is 13.3. The SMILES string of the molecule is COc1ccc(C(C#N)C(=O)c2ccc(F)c(C)c2)cc1. The van der Waals surface area contributed by atoms with Gasteiger partial charge in [0.25, 0.3) is 0 Å². The molecule has 0 amide bonds. The minimum atomic E-state index is -0.916. The van der Waals surface area contributed by atoms with Crippen LogP contribution in [0.15, 0.2) is 42.5 Å². The summed E-state index contributed by atoms with van der Waals surface area (Å²) in [5.41, 5.74) is 1.30. The van der Waals surface area contributed by atoms with Crippen LogP contribution in [0.5, 0.6) is 5.75 Å². The average Bonchev–Trinajstić information content (AvgIpc) is 2.51. The van der Waals surface area contributed by atoms with Gasteiger partial charge in [-0.1, -0.05) is 12.1 Å². The van der Waals surface area contributed by atoms with Gasteiger partial charge >= 0.3 is 0 Å². The first-order valence-corrected chi connectivity index (χ1v) is 6.40. The Labute approximate surface area is 122 Å². The molecule has 0 bridgehead atoms. The van der Waals surface area contributed by atoms with Gasteiger partial charge < -0.3 is 4.74 Å². The second-order valence-electron chi connectivity index (χ2n) is 4.66. The summed E-state index contributed by atoms with van der Waals surface area (Å²) in [5.74, 6) is -0.975. The molecule has 0 aliphatic carbocycles. The van der Waals surface area contributed by atoms with Crippen molar-refractivity contribution < 1.29 is 13.9 Å². The van der Waals surface area contributed by atoms with Gasteiger partial charge in [-0.05, 0) is 48.4 Å². The second-order valence-corrected chi connectivity index (χ2v) is 4.66. The van der Waals surface area contributed by atoms with Crippen LogP contribution >= 0.6 is 0 Å². The van der Waals surface area contributed by atoms with E-state index in [9.17, 15) is 14.4 Å². The van der Waals surface area contributed by atoms with Gasteiger partial charge in [-0.3, -0.25) is 4.79 Å². The van der Waals surface area contributed by atoms with Gasteiger partial charge in [-0.15, -0.1) is 0 Å². The van der Waals surface area contributed by atoms with Crippen LogP contribution in [0.1, 0.15) is 27.4 Å². The third-order valence-corrected chi connectivity index (χ3v) is 3.28. The van der Waals surface area contributed by atoms with Crippen LogP contribution in [0, 0.1) is 24.1 Å². The minimum Gasteiger partial charge on any atom is -0.497 e. The van der Waals surface area contributed by atoms with Gasteiger partial charge in [0.05, 0.1) is 13.2 Å². The topological polar surface area (TPSA) is 50.1 Å². The molecular weight excluding hydrogens is 269 g/mol. The highest BCUT2D eigenvalue weighted by Crippen LogP contribution is 2.23. The zero-order valence-electron chi connectivity index (χ0n) is 11.8. The highest BCUT2D eigenvalue weighted by molar-refractivity contribution is 6.02. The lowest BCUT2D eigenvalue weighted by Gasteiger charge is -2.10. The van der Waals surface area contributed by atoms with E-state index in [-0.39, 0.29) is 11.6 Å². The fraction of sp³-hybridized carbons (Fsp3) is 0.176. The van der Waals surface area contributed by atoms with Gasteiger partial charge in [0.2, 0.25) is 0 Å². The molecule has 0 spiro atoms. The number of hydrogen-bond acceptors (Lipinski definition) is 3. The van der Waals surface area contributed by atoms with Crippen molar-refractivity contribution >= 4 is 5.78 Å². The molecule has 0 N–H and O–H groups in total. The van der Waals surface area contributed by atoms with Gasteiger partial charge in [-0.25, -0.2) is 4.39 Å².